The Hall–Kier alpha value is -4.22. The molecule has 0 aromatic heterocycles. The Morgan fingerprint density at radius 3 is 2.57 bits per heavy atom. The number of rotatable bonds is 7. The van der Waals surface area contributed by atoms with Gasteiger partial charge >= 0.3 is 6.03 Å². The molecule has 0 unspecified atom stereocenters. The lowest BCUT2D eigenvalue weighted by molar-refractivity contribution is -0.384. The number of barbiturate groups is 1. The van der Waals surface area contributed by atoms with Gasteiger partial charge in [-0.1, -0.05) is 29.8 Å². The van der Waals surface area contributed by atoms with E-state index >= 15 is 0 Å². The van der Waals surface area contributed by atoms with Crippen LogP contribution in [0.2, 0.25) is 5.02 Å². The number of carbonyl (C=O) groups excluding carboxylic acids is 3. The average Bonchev–Trinajstić information content (AvgIpc) is 2.85. The van der Waals surface area contributed by atoms with Crippen LogP contribution in [0.25, 0.3) is 6.08 Å². The predicted octanol–water partition coefficient (Wildman–Crippen LogP) is 5.26. The Bertz CT molecular complexity index is 1470. The Morgan fingerprint density at radius 1 is 1.11 bits per heavy atom. The summed E-state index contributed by atoms with van der Waals surface area (Å²) in [6, 6.07) is 14.4. The molecule has 10 nitrogen and oxygen atoms in total. The highest BCUT2D eigenvalue weighted by atomic mass is 79.9. The zero-order valence-corrected chi connectivity index (χ0v) is 21.4. The smallest absolute Gasteiger partial charge is 0.335 e. The standard InChI is InChI=1S/C25H17BrClN3O7/c1-36-21-11-15(10-20(26)22(21)37-13-14-4-2-7-18(8-14)30(34)35)9-19-23(31)28-25(33)29(24(19)32)17-6-3-5-16(27)12-17/h2-12H,13H2,1H3,(H,28,31,33)/b19-9+. The number of methoxy groups -OCH3 is 1. The van der Waals surface area contributed by atoms with Crippen LogP contribution in [0.4, 0.5) is 16.2 Å². The van der Waals surface area contributed by atoms with Crippen LogP contribution in [-0.4, -0.2) is 29.9 Å². The highest BCUT2D eigenvalue weighted by Gasteiger charge is 2.37. The van der Waals surface area contributed by atoms with Crippen LogP contribution in [0.15, 0.2) is 70.7 Å². The molecule has 1 aliphatic heterocycles. The summed E-state index contributed by atoms with van der Waals surface area (Å²) in [4.78, 5) is 49.4. The second-order valence-electron chi connectivity index (χ2n) is 7.69. The SMILES string of the molecule is COc1cc(/C=C2\C(=O)NC(=O)N(c3cccc(Cl)c3)C2=O)cc(Br)c1OCc1cccc([N+](=O)[O-])c1. The number of amides is 4. The molecule has 0 bridgehead atoms. The number of benzene rings is 3. The number of imide groups is 2. The second kappa shape index (κ2) is 10.8. The molecule has 4 rings (SSSR count). The van der Waals surface area contributed by atoms with Gasteiger partial charge in [-0.2, -0.15) is 0 Å². The van der Waals surface area contributed by atoms with Gasteiger partial charge in [-0.15, -0.1) is 0 Å². The minimum atomic E-state index is -0.891. The van der Waals surface area contributed by atoms with Crippen molar-refractivity contribution in [2.75, 3.05) is 12.0 Å². The molecule has 1 aliphatic rings. The van der Waals surface area contributed by atoms with Gasteiger partial charge in [0.1, 0.15) is 12.2 Å². The third kappa shape index (κ3) is 5.63. The lowest BCUT2D eigenvalue weighted by Crippen LogP contribution is -2.54. The van der Waals surface area contributed by atoms with Crippen molar-refractivity contribution in [3.8, 4) is 11.5 Å². The Balaban J connectivity index is 1.63. The number of ether oxygens (including phenoxy) is 2. The quantitative estimate of drug-likeness (QED) is 0.173. The third-order valence-electron chi connectivity index (χ3n) is 5.24. The first-order valence-corrected chi connectivity index (χ1v) is 11.8. The largest absolute Gasteiger partial charge is 0.493 e. The zero-order valence-electron chi connectivity index (χ0n) is 19.1. The van der Waals surface area contributed by atoms with Gasteiger partial charge in [0.15, 0.2) is 11.5 Å². The maximum Gasteiger partial charge on any atom is 0.335 e. The van der Waals surface area contributed by atoms with Crippen LogP contribution in [0.1, 0.15) is 11.1 Å². The van der Waals surface area contributed by atoms with Crippen LogP contribution in [-0.2, 0) is 16.2 Å². The van der Waals surface area contributed by atoms with Crippen molar-refractivity contribution in [1.82, 2.24) is 5.32 Å². The van der Waals surface area contributed by atoms with Crippen molar-refractivity contribution in [2.24, 2.45) is 0 Å². The van der Waals surface area contributed by atoms with Crippen molar-refractivity contribution < 1.29 is 28.8 Å². The van der Waals surface area contributed by atoms with Gasteiger partial charge in [0.05, 0.1) is 22.2 Å². The van der Waals surface area contributed by atoms with Gasteiger partial charge in [0.25, 0.3) is 17.5 Å². The lowest BCUT2D eigenvalue weighted by Gasteiger charge is -2.26. The molecule has 0 atom stereocenters. The van der Waals surface area contributed by atoms with Gasteiger partial charge in [0, 0.05) is 17.2 Å². The summed E-state index contributed by atoms with van der Waals surface area (Å²) in [6.45, 7) is 0.0225. The monoisotopic (exact) mass is 585 g/mol. The maximum absolute atomic E-state index is 13.1. The molecule has 1 saturated heterocycles. The number of nitrogens with one attached hydrogen (secondary N) is 1. The summed E-state index contributed by atoms with van der Waals surface area (Å²) in [6.07, 6.45) is 1.32. The number of nitro groups is 1. The minimum Gasteiger partial charge on any atom is -0.493 e. The van der Waals surface area contributed by atoms with E-state index in [0.29, 0.717) is 26.4 Å². The van der Waals surface area contributed by atoms with Crippen LogP contribution in [0.3, 0.4) is 0 Å². The first kappa shape index (κ1) is 25.9. The van der Waals surface area contributed by atoms with Crippen LogP contribution in [0.5, 0.6) is 11.5 Å². The molecule has 37 heavy (non-hydrogen) atoms. The van der Waals surface area contributed by atoms with E-state index in [9.17, 15) is 24.5 Å². The van der Waals surface area contributed by atoms with E-state index in [0.717, 1.165) is 4.90 Å². The fraction of sp³-hybridized carbons (Fsp3) is 0.0800. The molecule has 0 radical (unpaired) electrons. The summed E-state index contributed by atoms with van der Waals surface area (Å²) in [5.41, 5.74) is 0.848. The second-order valence-corrected chi connectivity index (χ2v) is 8.98. The van der Waals surface area contributed by atoms with Crippen LogP contribution < -0.4 is 19.7 Å². The lowest BCUT2D eigenvalue weighted by atomic mass is 10.1. The molecule has 0 aliphatic carbocycles. The number of hydrogen-bond donors (Lipinski definition) is 1. The zero-order chi connectivity index (χ0) is 26.7. The molecule has 0 saturated carbocycles. The number of nitrogens with zero attached hydrogens (tertiary/aromatic N) is 2. The van der Waals surface area contributed by atoms with Gasteiger partial charge in [-0.25, -0.2) is 9.69 Å². The van der Waals surface area contributed by atoms with Crippen molar-refractivity contribution >= 4 is 62.8 Å². The number of non-ortho nitro benzene ring substituents is 1. The highest BCUT2D eigenvalue weighted by molar-refractivity contribution is 9.10. The molecule has 4 amide bonds. The molecule has 3 aromatic rings. The minimum absolute atomic E-state index is 0.0225. The summed E-state index contributed by atoms with van der Waals surface area (Å²) in [7, 11) is 1.41. The number of nitro benzene ring substituents is 1. The number of carbonyl (C=O) groups is 3. The molecule has 3 aromatic carbocycles. The Morgan fingerprint density at radius 2 is 1.86 bits per heavy atom. The topological polar surface area (TPSA) is 128 Å². The van der Waals surface area contributed by atoms with E-state index in [4.69, 9.17) is 21.1 Å². The van der Waals surface area contributed by atoms with E-state index in [1.807, 2.05) is 0 Å². The fourth-order valence-electron chi connectivity index (χ4n) is 3.55. The number of anilines is 1. The van der Waals surface area contributed by atoms with E-state index in [-0.39, 0.29) is 29.3 Å². The van der Waals surface area contributed by atoms with E-state index in [1.54, 1.807) is 36.4 Å². The summed E-state index contributed by atoms with van der Waals surface area (Å²) >= 11 is 9.40. The van der Waals surface area contributed by atoms with Crippen LogP contribution in [0, 0.1) is 10.1 Å². The average molecular weight is 587 g/mol. The van der Waals surface area contributed by atoms with Gasteiger partial charge in [-0.05, 0) is 63.5 Å². The van der Waals surface area contributed by atoms with Crippen molar-refractivity contribution in [3.05, 3.63) is 97.0 Å². The molecule has 0 spiro atoms. The third-order valence-corrected chi connectivity index (χ3v) is 6.06. The Labute approximate surface area is 223 Å². The number of urea groups is 1. The van der Waals surface area contributed by atoms with Gasteiger partial charge < -0.3 is 9.47 Å². The molecule has 1 fully saturated rings. The first-order valence-electron chi connectivity index (χ1n) is 10.6. The van der Waals surface area contributed by atoms with Gasteiger partial charge in [-0.3, -0.25) is 25.0 Å². The predicted molar refractivity (Wildman–Crippen MR) is 139 cm³/mol. The molecular weight excluding hydrogens is 570 g/mol. The van der Waals surface area contributed by atoms with E-state index in [2.05, 4.69) is 21.2 Å². The summed E-state index contributed by atoms with van der Waals surface area (Å²) in [5, 5.41) is 13.5. The first-order chi connectivity index (χ1) is 17.7. The number of hydrogen-bond acceptors (Lipinski definition) is 7. The molecule has 1 heterocycles. The van der Waals surface area contributed by atoms with E-state index in [1.165, 1.54) is 37.5 Å². The van der Waals surface area contributed by atoms with Gasteiger partial charge in [0.2, 0.25) is 0 Å². The van der Waals surface area contributed by atoms with Crippen LogP contribution >= 0.6 is 27.5 Å². The molecule has 1 N–H and O–H groups in total. The van der Waals surface area contributed by atoms with Crippen molar-refractivity contribution in [3.63, 3.8) is 0 Å². The number of halogens is 2. The Kier molecular flexibility index (Phi) is 7.55. The van der Waals surface area contributed by atoms with Crippen molar-refractivity contribution in [1.29, 1.82) is 0 Å². The highest BCUT2D eigenvalue weighted by Crippen LogP contribution is 2.38. The maximum atomic E-state index is 13.1. The van der Waals surface area contributed by atoms with E-state index < -0.39 is 22.8 Å². The fourth-order valence-corrected chi connectivity index (χ4v) is 4.31. The molecular formula is C25H17BrClN3O7. The summed E-state index contributed by atoms with van der Waals surface area (Å²) < 4.78 is 11.7. The van der Waals surface area contributed by atoms with Crippen molar-refractivity contribution in [2.45, 2.75) is 6.61 Å². The molecule has 12 heteroatoms. The normalized spacial score (nSPS) is 14.5. The molecule has 188 valence electrons. The summed E-state index contributed by atoms with van der Waals surface area (Å²) in [5.74, 6) is -1.09.